The first kappa shape index (κ1) is 28.9. The lowest BCUT2D eigenvalue weighted by molar-refractivity contribution is -0.0943. The molecule has 2 aliphatic heterocycles. The Morgan fingerprint density at radius 2 is 2.09 bits per heavy atom. The van der Waals surface area contributed by atoms with Crippen LogP contribution >= 0.6 is 30.3 Å². The molecule has 0 radical (unpaired) electrons. The van der Waals surface area contributed by atoms with Crippen LogP contribution in [0.15, 0.2) is 21.9 Å². The minimum absolute atomic E-state index is 0.0687. The van der Waals surface area contributed by atoms with Crippen LogP contribution in [0.3, 0.4) is 0 Å². The Balaban J connectivity index is 1.59. The van der Waals surface area contributed by atoms with Gasteiger partial charge in [0.15, 0.2) is 0 Å². The van der Waals surface area contributed by atoms with Crippen LogP contribution in [-0.4, -0.2) is 80.6 Å². The van der Waals surface area contributed by atoms with E-state index in [9.17, 15) is 19.3 Å². The Morgan fingerprint density at radius 3 is 2.74 bits per heavy atom. The van der Waals surface area contributed by atoms with Crippen molar-refractivity contribution in [3.8, 4) is 0 Å². The highest BCUT2D eigenvalue weighted by atomic mass is 127. The van der Waals surface area contributed by atoms with Crippen LogP contribution in [0, 0.1) is 0 Å². The number of halogens is 1. The van der Waals surface area contributed by atoms with Gasteiger partial charge in [0.05, 0.1) is 25.4 Å². The Hall–Kier alpha value is -0.640. The van der Waals surface area contributed by atoms with Gasteiger partial charge in [-0.25, -0.2) is 14.0 Å². The zero-order chi connectivity index (χ0) is 25.8. The molecule has 2 saturated heterocycles. The molecule has 0 aliphatic carbocycles. The van der Waals surface area contributed by atoms with E-state index in [0.29, 0.717) is 17.4 Å². The maximum absolute atomic E-state index is 13.6. The molecule has 3 rings (SSSR count). The van der Waals surface area contributed by atoms with Gasteiger partial charge >= 0.3 is 13.4 Å². The molecular weight excluding hydrogens is 594 g/mol. The standard InChI is InChI=1S/C21H36IN4O8P/c1-14-12-21(2,3)24-18(33-14)6-10-31-35(30,25(4)9-7-22)32-13-16-15(27)11-19(34-16)26-8-5-17(28)23-20(26)29/h5,8,14-16,18-19,24,27H,6-7,9-13H2,1-4H3,(H,23,28,29)/t14?,15-,16+,18?,19+,35?/m0/s1. The molecule has 35 heavy (non-hydrogen) atoms. The number of ether oxygens (including phenoxy) is 2. The van der Waals surface area contributed by atoms with Gasteiger partial charge in [0.2, 0.25) is 0 Å². The molecule has 0 amide bonds. The molecule has 6 atom stereocenters. The van der Waals surface area contributed by atoms with Crippen LogP contribution in [-0.2, 0) is 23.1 Å². The van der Waals surface area contributed by atoms with Gasteiger partial charge in [-0.2, -0.15) is 0 Å². The van der Waals surface area contributed by atoms with Gasteiger partial charge in [0.25, 0.3) is 5.56 Å². The number of rotatable bonds is 11. The van der Waals surface area contributed by atoms with Gasteiger partial charge < -0.3 is 14.6 Å². The van der Waals surface area contributed by atoms with Crippen LogP contribution < -0.4 is 16.6 Å². The van der Waals surface area contributed by atoms with E-state index in [1.807, 2.05) is 6.92 Å². The van der Waals surface area contributed by atoms with Crippen LogP contribution in [0.25, 0.3) is 0 Å². The zero-order valence-electron chi connectivity index (χ0n) is 20.5. The summed E-state index contributed by atoms with van der Waals surface area (Å²) in [6.45, 7) is 6.68. The summed E-state index contributed by atoms with van der Waals surface area (Å²) < 4.78 is 40.3. The van der Waals surface area contributed by atoms with E-state index in [-0.39, 0.29) is 37.5 Å². The lowest BCUT2D eigenvalue weighted by Crippen LogP contribution is -2.55. The van der Waals surface area contributed by atoms with Crippen molar-refractivity contribution in [2.75, 3.05) is 31.2 Å². The summed E-state index contributed by atoms with van der Waals surface area (Å²) in [6.07, 6.45) is 0.119. The first-order chi connectivity index (χ1) is 16.4. The largest absolute Gasteiger partial charge is 0.408 e. The number of nitrogens with zero attached hydrogens (tertiary/aromatic N) is 2. The SMILES string of the molecule is CC1CC(C)(C)NC(CCOP(=O)(OC[C@H]2O[C@@H](n3ccc(=O)[nH]c3=O)C[C@@H]2O)N(C)CCI)O1. The molecule has 3 N–H and O–H groups in total. The van der Waals surface area contributed by atoms with Gasteiger partial charge in [0, 0.05) is 41.6 Å². The highest BCUT2D eigenvalue weighted by molar-refractivity contribution is 14.1. The van der Waals surface area contributed by atoms with Crippen molar-refractivity contribution in [2.24, 2.45) is 0 Å². The summed E-state index contributed by atoms with van der Waals surface area (Å²) in [5, 5.41) is 13.9. The predicted octanol–water partition coefficient (Wildman–Crippen LogP) is 1.59. The van der Waals surface area contributed by atoms with E-state index >= 15 is 0 Å². The summed E-state index contributed by atoms with van der Waals surface area (Å²) >= 11 is 2.18. The fourth-order valence-electron chi connectivity index (χ4n) is 4.33. The van der Waals surface area contributed by atoms with Crippen LogP contribution in [0.5, 0.6) is 0 Å². The molecule has 0 aromatic carbocycles. The molecule has 1 aromatic rings. The summed E-state index contributed by atoms with van der Waals surface area (Å²) in [7, 11) is -2.03. The molecular formula is C21H36IN4O8P. The third kappa shape index (κ3) is 7.92. The molecule has 200 valence electrons. The monoisotopic (exact) mass is 630 g/mol. The number of H-pyrrole nitrogens is 1. The normalized spacial score (nSPS) is 30.4. The Bertz CT molecular complexity index is 1000. The molecule has 3 heterocycles. The maximum atomic E-state index is 13.6. The highest BCUT2D eigenvalue weighted by Crippen LogP contribution is 2.51. The molecule has 2 aliphatic rings. The zero-order valence-corrected chi connectivity index (χ0v) is 23.6. The molecule has 0 saturated carbocycles. The highest BCUT2D eigenvalue weighted by Gasteiger charge is 2.39. The number of aliphatic hydroxyl groups excluding tert-OH is 1. The fraction of sp³-hybridized carbons (Fsp3) is 0.810. The summed E-state index contributed by atoms with van der Waals surface area (Å²) in [5.74, 6) is 0. The average Bonchev–Trinajstić information content (AvgIpc) is 3.11. The number of aliphatic hydroxyl groups is 1. The number of aromatic amines is 1. The van der Waals surface area contributed by atoms with E-state index in [1.165, 1.54) is 21.5 Å². The fourth-order valence-corrected chi connectivity index (χ4v) is 6.92. The van der Waals surface area contributed by atoms with Crippen LogP contribution in [0.2, 0.25) is 0 Å². The van der Waals surface area contributed by atoms with Crippen molar-refractivity contribution in [1.82, 2.24) is 19.5 Å². The topological polar surface area (TPSA) is 144 Å². The number of alkyl halides is 1. The van der Waals surface area contributed by atoms with Gasteiger partial charge in [-0.1, -0.05) is 22.6 Å². The average molecular weight is 630 g/mol. The first-order valence-electron chi connectivity index (χ1n) is 11.7. The van der Waals surface area contributed by atoms with Gasteiger partial charge in [-0.05, 0) is 34.2 Å². The second kappa shape index (κ2) is 12.3. The van der Waals surface area contributed by atoms with E-state index < -0.39 is 37.4 Å². The minimum Gasteiger partial charge on any atom is -0.390 e. The van der Waals surface area contributed by atoms with E-state index in [1.54, 1.807) is 7.05 Å². The third-order valence-corrected chi connectivity index (χ3v) is 8.48. The number of hydrogen-bond donors (Lipinski definition) is 3. The smallest absolute Gasteiger partial charge is 0.390 e. The van der Waals surface area contributed by atoms with Gasteiger partial charge in [-0.15, -0.1) is 0 Å². The van der Waals surface area contributed by atoms with Gasteiger partial charge in [-0.3, -0.25) is 28.7 Å². The summed E-state index contributed by atoms with van der Waals surface area (Å²) in [4.78, 5) is 25.5. The number of aromatic nitrogens is 2. The molecule has 0 bridgehead atoms. The quantitative estimate of drug-likeness (QED) is 0.187. The second-order valence-electron chi connectivity index (χ2n) is 9.57. The summed E-state index contributed by atoms with van der Waals surface area (Å²) in [5.41, 5.74) is -1.23. The second-order valence-corrected chi connectivity index (χ2v) is 12.8. The Labute approximate surface area is 218 Å². The molecule has 14 heteroatoms. The molecule has 1 aromatic heterocycles. The maximum Gasteiger partial charge on any atom is 0.408 e. The van der Waals surface area contributed by atoms with E-state index in [0.717, 1.165) is 6.42 Å². The van der Waals surface area contributed by atoms with Crippen molar-refractivity contribution < 1.29 is 28.2 Å². The lowest BCUT2D eigenvalue weighted by Gasteiger charge is -2.40. The van der Waals surface area contributed by atoms with Crippen molar-refractivity contribution in [1.29, 1.82) is 0 Å². The third-order valence-electron chi connectivity index (χ3n) is 5.97. The van der Waals surface area contributed by atoms with Crippen molar-refractivity contribution in [3.05, 3.63) is 33.1 Å². The molecule has 0 spiro atoms. The molecule has 3 unspecified atom stereocenters. The summed E-state index contributed by atoms with van der Waals surface area (Å²) in [6, 6.07) is 1.20. The Morgan fingerprint density at radius 1 is 1.34 bits per heavy atom. The number of hydrogen-bond acceptors (Lipinski definition) is 9. The van der Waals surface area contributed by atoms with E-state index in [4.69, 9.17) is 18.5 Å². The molecule has 12 nitrogen and oxygen atoms in total. The van der Waals surface area contributed by atoms with E-state index in [2.05, 4.69) is 46.7 Å². The first-order valence-corrected chi connectivity index (χ1v) is 14.7. The predicted molar refractivity (Wildman–Crippen MR) is 138 cm³/mol. The van der Waals surface area contributed by atoms with Crippen molar-refractivity contribution >= 4 is 30.3 Å². The Kier molecular flexibility index (Phi) is 10.1. The van der Waals surface area contributed by atoms with Crippen molar-refractivity contribution in [3.63, 3.8) is 0 Å². The van der Waals surface area contributed by atoms with Crippen LogP contribution in [0.1, 0.15) is 46.3 Å². The molecule has 2 fully saturated rings. The van der Waals surface area contributed by atoms with Gasteiger partial charge in [0.1, 0.15) is 18.6 Å². The van der Waals surface area contributed by atoms with Crippen LogP contribution in [0.4, 0.5) is 0 Å². The lowest BCUT2D eigenvalue weighted by atomic mass is 9.95. The van der Waals surface area contributed by atoms with Crippen molar-refractivity contribution in [2.45, 2.75) is 76.3 Å². The number of nitrogens with one attached hydrogen (secondary N) is 2. The minimum atomic E-state index is -3.69.